The Labute approximate surface area is 197 Å². The maximum Gasteiger partial charge on any atom is 0.211 e. The van der Waals surface area contributed by atoms with Crippen molar-refractivity contribution in [2.24, 2.45) is 0 Å². The first-order valence-electron chi connectivity index (χ1n) is 10.5. The number of hydrogen-bond donors (Lipinski definition) is 2. The van der Waals surface area contributed by atoms with Crippen molar-refractivity contribution in [3.8, 4) is 0 Å². The van der Waals surface area contributed by atoms with Gasteiger partial charge in [0.15, 0.2) is 5.13 Å². The van der Waals surface area contributed by atoms with Gasteiger partial charge in [0.05, 0.1) is 11.9 Å². The molecule has 0 aromatic carbocycles. The van der Waals surface area contributed by atoms with Crippen molar-refractivity contribution in [2.75, 3.05) is 44.8 Å². The van der Waals surface area contributed by atoms with E-state index in [0.717, 1.165) is 38.9 Å². The van der Waals surface area contributed by atoms with Gasteiger partial charge in [-0.2, -0.15) is 4.31 Å². The number of hydrogen-bond acceptors (Lipinski definition) is 9. The van der Waals surface area contributed by atoms with Crippen LogP contribution in [0.1, 0.15) is 11.3 Å². The van der Waals surface area contributed by atoms with Crippen molar-refractivity contribution in [2.45, 2.75) is 6.54 Å². The molecule has 11 heteroatoms. The molecular formula is C22H27N7O2S2. The van der Waals surface area contributed by atoms with Crippen molar-refractivity contribution < 1.29 is 8.42 Å². The van der Waals surface area contributed by atoms with Crippen LogP contribution in [0.3, 0.4) is 0 Å². The number of nitrogens with one attached hydrogen (secondary N) is 2. The third kappa shape index (κ3) is 5.74. The molecule has 174 valence electrons. The lowest BCUT2D eigenvalue weighted by molar-refractivity contribution is 0.182. The second-order valence-corrected chi connectivity index (χ2v) is 10.7. The highest BCUT2D eigenvalue weighted by atomic mass is 32.2. The zero-order valence-electron chi connectivity index (χ0n) is 18.7. The Bertz CT molecular complexity index is 1280. The van der Waals surface area contributed by atoms with E-state index < -0.39 is 10.0 Å². The second-order valence-electron chi connectivity index (χ2n) is 7.74. The lowest BCUT2D eigenvalue weighted by Gasteiger charge is -2.33. The molecule has 0 unspecified atom stereocenters. The molecule has 0 bridgehead atoms. The minimum absolute atomic E-state index is 0.521. The molecule has 3 aromatic rings. The Hall–Kier alpha value is -2.86. The van der Waals surface area contributed by atoms with Crippen LogP contribution in [0, 0.1) is 0 Å². The number of aromatic nitrogens is 3. The van der Waals surface area contributed by atoms with Crippen LogP contribution in [0.2, 0.25) is 0 Å². The Morgan fingerprint density at radius 2 is 2.00 bits per heavy atom. The molecule has 1 saturated heterocycles. The molecule has 0 atom stereocenters. The van der Waals surface area contributed by atoms with Gasteiger partial charge < -0.3 is 10.6 Å². The van der Waals surface area contributed by atoms with Crippen LogP contribution in [-0.4, -0.2) is 72.1 Å². The number of piperazine rings is 1. The van der Waals surface area contributed by atoms with Crippen LogP contribution in [0.25, 0.3) is 15.9 Å². The number of nitrogens with zero attached hydrogens (tertiary/aromatic N) is 5. The summed E-state index contributed by atoms with van der Waals surface area (Å²) in [7, 11) is -1.28. The zero-order chi connectivity index (χ0) is 23.4. The summed E-state index contributed by atoms with van der Waals surface area (Å²) < 4.78 is 24.9. The molecule has 9 nitrogen and oxygen atoms in total. The first-order chi connectivity index (χ1) is 15.9. The predicted molar refractivity (Wildman–Crippen MR) is 134 cm³/mol. The van der Waals surface area contributed by atoms with Crippen molar-refractivity contribution >= 4 is 48.2 Å². The molecule has 1 aliphatic heterocycles. The first-order valence-corrected chi connectivity index (χ1v) is 13.2. The van der Waals surface area contributed by atoms with E-state index >= 15 is 0 Å². The van der Waals surface area contributed by atoms with Crippen molar-refractivity contribution in [3.05, 3.63) is 60.6 Å². The number of sulfonamides is 1. The summed E-state index contributed by atoms with van der Waals surface area (Å²) in [6.07, 6.45) is 6.66. The van der Waals surface area contributed by atoms with Crippen LogP contribution >= 0.6 is 11.3 Å². The predicted octanol–water partition coefficient (Wildman–Crippen LogP) is 2.65. The molecule has 3 aromatic heterocycles. The van der Waals surface area contributed by atoms with E-state index in [0.29, 0.717) is 32.0 Å². The normalized spacial score (nSPS) is 16.1. The minimum Gasteiger partial charge on any atom is -0.393 e. The lowest BCUT2D eigenvalue weighted by Crippen LogP contribution is -2.47. The number of allylic oxidation sites excluding steroid dienone is 2. The molecule has 33 heavy (non-hydrogen) atoms. The summed E-state index contributed by atoms with van der Waals surface area (Å²) in [6.45, 7) is 7.04. The van der Waals surface area contributed by atoms with Crippen LogP contribution < -0.4 is 10.6 Å². The molecule has 4 heterocycles. The van der Waals surface area contributed by atoms with Gasteiger partial charge in [0.1, 0.15) is 16.2 Å². The molecule has 2 N–H and O–H groups in total. The van der Waals surface area contributed by atoms with Crippen LogP contribution in [-0.2, 0) is 16.6 Å². The van der Waals surface area contributed by atoms with Gasteiger partial charge in [0.25, 0.3) is 0 Å². The lowest BCUT2D eigenvalue weighted by atomic mass is 10.2. The summed E-state index contributed by atoms with van der Waals surface area (Å²) in [5.41, 5.74) is 3.67. The van der Waals surface area contributed by atoms with Crippen molar-refractivity contribution in [1.29, 1.82) is 0 Å². The van der Waals surface area contributed by atoms with Gasteiger partial charge in [-0.05, 0) is 29.8 Å². The van der Waals surface area contributed by atoms with Gasteiger partial charge in [-0.1, -0.05) is 24.0 Å². The van der Waals surface area contributed by atoms with Crippen LogP contribution in [0.4, 0.5) is 10.9 Å². The fraction of sp³-hybridized carbons (Fsp3) is 0.318. The van der Waals surface area contributed by atoms with E-state index in [1.165, 1.54) is 21.9 Å². The maximum absolute atomic E-state index is 11.7. The zero-order valence-corrected chi connectivity index (χ0v) is 20.3. The molecule has 0 saturated carbocycles. The fourth-order valence-electron chi connectivity index (χ4n) is 3.65. The molecule has 1 fully saturated rings. The maximum atomic E-state index is 11.7. The minimum atomic E-state index is -3.12. The molecule has 1 aliphatic rings. The van der Waals surface area contributed by atoms with E-state index in [9.17, 15) is 8.42 Å². The van der Waals surface area contributed by atoms with Crippen molar-refractivity contribution in [3.63, 3.8) is 0 Å². The highest BCUT2D eigenvalue weighted by Crippen LogP contribution is 2.28. The summed E-state index contributed by atoms with van der Waals surface area (Å²) in [6, 6.07) is 7.86. The van der Waals surface area contributed by atoms with E-state index in [1.54, 1.807) is 12.3 Å². The number of thiazole rings is 1. The van der Waals surface area contributed by atoms with Crippen LogP contribution in [0.15, 0.2) is 49.3 Å². The quantitative estimate of drug-likeness (QED) is 0.470. The molecule has 0 radical (unpaired) electrons. The average Bonchev–Trinajstić information content (AvgIpc) is 3.19. The van der Waals surface area contributed by atoms with Gasteiger partial charge >= 0.3 is 0 Å². The Balaban J connectivity index is 1.44. The number of fused-ring (bicyclic) bond motifs is 1. The molecule has 4 rings (SSSR count). The Morgan fingerprint density at radius 3 is 2.70 bits per heavy atom. The third-order valence-corrected chi connectivity index (χ3v) is 7.52. The smallest absolute Gasteiger partial charge is 0.211 e. The summed E-state index contributed by atoms with van der Waals surface area (Å²) in [5, 5.41) is 7.02. The highest BCUT2D eigenvalue weighted by molar-refractivity contribution is 7.88. The van der Waals surface area contributed by atoms with Crippen LogP contribution in [0.5, 0.6) is 0 Å². The average molecular weight is 486 g/mol. The number of rotatable bonds is 8. The van der Waals surface area contributed by atoms with E-state index in [4.69, 9.17) is 4.98 Å². The van der Waals surface area contributed by atoms with Gasteiger partial charge in [-0.15, -0.1) is 0 Å². The standard InChI is InChI=1S/C22H27N7O2S2/c1-4-17(14-23-2)18-5-6-19-21(25-18)32-22(26-19)27-20-13-16(7-8-24-20)15-28-9-11-29(12-10-28)33(3,30)31/h4-8,13-14,23H,1,9-12,15H2,2-3H3,(H,24,26,27)/b17-14+. The summed E-state index contributed by atoms with van der Waals surface area (Å²) in [4.78, 5) is 16.8. The van der Waals surface area contributed by atoms with Gasteiger partial charge in [-0.25, -0.2) is 23.4 Å². The monoisotopic (exact) mass is 485 g/mol. The van der Waals surface area contributed by atoms with Gasteiger partial charge in [0.2, 0.25) is 10.0 Å². The second kappa shape index (κ2) is 9.96. The topological polar surface area (TPSA) is 103 Å². The van der Waals surface area contributed by atoms with E-state index in [-0.39, 0.29) is 0 Å². The number of pyridine rings is 2. The van der Waals surface area contributed by atoms with Crippen molar-refractivity contribution in [1.82, 2.24) is 29.5 Å². The first kappa shape index (κ1) is 23.3. The largest absolute Gasteiger partial charge is 0.393 e. The molecular weight excluding hydrogens is 458 g/mol. The third-order valence-electron chi connectivity index (χ3n) is 5.34. The SMILES string of the molecule is C=C/C(=C\NC)c1ccc2nc(Nc3cc(CN4CCN(S(C)(=O)=O)CC4)ccn3)sc2n1. The summed E-state index contributed by atoms with van der Waals surface area (Å²) in [5.74, 6) is 0.711. The van der Waals surface area contributed by atoms with Gasteiger partial charge in [-0.3, -0.25) is 4.90 Å². The number of anilines is 2. The van der Waals surface area contributed by atoms with E-state index in [2.05, 4.69) is 32.1 Å². The molecule has 0 spiro atoms. The molecule has 0 aliphatic carbocycles. The Morgan fingerprint density at radius 1 is 1.21 bits per heavy atom. The Kier molecular flexibility index (Phi) is 7.03. The van der Waals surface area contributed by atoms with E-state index in [1.807, 2.05) is 37.5 Å². The van der Waals surface area contributed by atoms with Gasteiger partial charge in [0, 0.05) is 57.7 Å². The molecule has 0 amide bonds. The highest BCUT2D eigenvalue weighted by Gasteiger charge is 2.23. The summed E-state index contributed by atoms with van der Waals surface area (Å²) >= 11 is 1.47. The fourth-order valence-corrected chi connectivity index (χ4v) is 5.32.